The molecule has 2 aromatic carbocycles. The average molecular weight is 939 g/mol. The minimum absolute atomic E-state index is 0.0227. The summed E-state index contributed by atoms with van der Waals surface area (Å²) in [7, 11) is 0. The van der Waals surface area contributed by atoms with Crippen LogP contribution in [0.5, 0.6) is 0 Å². The molecule has 1 aliphatic heterocycles. The molecule has 17 nitrogen and oxygen atoms in total. The summed E-state index contributed by atoms with van der Waals surface area (Å²) in [6, 6.07) is 13.7. The Kier molecular flexibility index (Phi) is 14.3. The molecule has 2 aromatic rings. The number of carbonyl (C=O) groups excluding carboxylic acids is 6. The molecule has 2 bridgehead atoms. The summed E-state index contributed by atoms with van der Waals surface area (Å²) in [5.74, 6) is -6.77. The minimum atomic E-state index is -2.80. The number of ketones is 1. The Morgan fingerprint density at radius 2 is 1.61 bits per heavy atom. The van der Waals surface area contributed by atoms with Crippen molar-refractivity contribution in [2.45, 2.75) is 153 Å². The highest BCUT2D eigenvalue weighted by Crippen LogP contribution is 2.64. The molecule has 3 aliphatic carbocycles. The highest BCUT2D eigenvalue weighted by atomic mass is 16.6. The molecule has 1 saturated heterocycles. The number of nitrogens with one attached hydrogen (secondary N) is 1. The van der Waals surface area contributed by atoms with Crippen LogP contribution in [0, 0.1) is 16.7 Å². The average Bonchev–Trinajstić information content (AvgIpc) is 3.28. The molecule has 1 heterocycles. The number of amides is 1. The van der Waals surface area contributed by atoms with E-state index < -0.39 is 138 Å². The predicted molar refractivity (Wildman–Crippen MR) is 240 cm³/mol. The van der Waals surface area contributed by atoms with E-state index in [4.69, 9.17) is 32.5 Å². The SMILES string of the molecule is C=C.[2H]C([2H])([2H])C(C)(C)OC(=O)N[C@@H](c1ccccc1)[C@@H](OC(=O)CCC(C)O)C(=O)O[C@H]1C[C@@]2(O)[C@@H](OC(=O)c3ccccc3)[C@@H]3[C@]4(OC(C)=O)CO[C@@H]4C[C@H](O)[C@@]3(C)C(=O)[C@H](O)C(=C1C)C2(C)C. The van der Waals surface area contributed by atoms with Gasteiger partial charge in [-0.25, -0.2) is 14.4 Å². The van der Waals surface area contributed by atoms with Crippen LogP contribution < -0.4 is 5.32 Å². The summed E-state index contributed by atoms with van der Waals surface area (Å²) < 4.78 is 59.1. The van der Waals surface area contributed by atoms with Crippen molar-refractivity contribution in [3.05, 3.63) is 96.1 Å². The first-order chi connectivity index (χ1) is 32.5. The normalized spacial score (nSPS) is 31.7. The van der Waals surface area contributed by atoms with Crippen LogP contribution in [0.15, 0.2) is 85.0 Å². The zero-order valence-electron chi connectivity index (χ0n) is 42.1. The van der Waals surface area contributed by atoms with Crippen molar-refractivity contribution in [2.24, 2.45) is 16.7 Å². The van der Waals surface area contributed by atoms with Crippen LogP contribution >= 0.6 is 0 Å². The lowest BCUT2D eigenvalue weighted by atomic mass is 9.44. The Labute approximate surface area is 395 Å². The zero-order chi connectivity index (χ0) is 52.5. The van der Waals surface area contributed by atoms with E-state index in [2.05, 4.69) is 18.5 Å². The van der Waals surface area contributed by atoms with E-state index in [1.165, 1.54) is 58.9 Å². The van der Waals surface area contributed by atoms with Crippen LogP contribution in [-0.2, 0) is 47.6 Å². The summed E-state index contributed by atoms with van der Waals surface area (Å²) in [6.45, 7) is 13.5. The number of ether oxygens (including phenoxy) is 6. The number of carbonyl (C=O) groups is 6. The second-order valence-electron chi connectivity index (χ2n) is 18.8. The fourth-order valence-electron chi connectivity index (χ4n) is 10.1. The van der Waals surface area contributed by atoms with Crippen molar-refractivity contribution in [2.75, 3.05) is 6.61 Å². The number of fused-ring (bicyclic) bond motifs is 5. The highest BCUT2D eigenvalue weighted by molar-refractivity contribution is 5.94. The molecule has 1 unspecified atom stereocenters. The Balaban J connectivity index is 0.00000450. The molecule has 4 aliphatic rings. The number of aliphatic hydroxyl groups excluding tert-OH is 3. The monoisotopic (exact) mass is 938 g/mol. The third-order valence-corrected chi connectivity index (χ3v) is 13.5. The lowest BCUT2D eigenvalue weighted by molar-refractivity contribution is -0.346. The summed E-state index contributed by atoms with van der Waals surface area (Å²) in [5.41, 5.74) is -10.1. The van der Waals surface area contributed by atoms with Gasteiger partial charge in [-0.1, -0.05) is 62.4 Å². The van der Waals surface area contributed by atoms with Gasteiger partial charge in [0.1, 0.15) is 41.7 Å². The lowest BCUT2D eigenvalue weighted by Crippen LogP contribution is -2.81. The van der Waals surface area contributed by atoms with Gasteiger partial charge in [-0.3, -0.25) is 14.4 Å². The van der Waals surface area contributed by atoms with Gasteiger partial charge >= 0.3 is 30.0 Å². The van der Waals surface area contributed by atoms with Gasteiger partial charge in [-0.05, 0) is 76.7 Å². The summed E-state index contributed by atoms with van der Waals surface area (Å²) in [5, 5.41) is 50.4. The first-order valence-electron chi connectivity index (χ1n) is 23.6. The molecule has 17 heteroatoms. The van der Waals surface area contributed by atoms with Crippen molar-refractivity contribution >= 4 is 35.8 Å². The van der Waals surface area contributed by atoms with Crippen molar-refractivity contribution in [3.63, 3.8) is 0 Å². The molecule has 2 saturated carbocycles. The molecule has 0 spiro atoms. The first kappa shape index (κ1) is 48.0. The van der Waals surface area contributed by atoms with E-state index in [-0.39, 0.29) is 41.7 Å². The van der Waals surface area contributed by atoms with Crippen LogP contribution in [-0.4, -0.2) is 122 Å². The quantitative estimate of drug-likeness (QED) is 0.109. The van der Waals surface area contributed by atoms with Gasteiger partial charge in [0.2, 0.25) is 6.10 Å². The molecule has 6 rings (SSSR count). The number of hydrogen-bond donors (Lipinski definition) is 5. The van der Waals surface area contributed by atoms with Crippen molar-refractivity contribution in [3.8, 4) is 0 Å². The third-order valence-electron chi connectivity index (χ3n) is 13.5. The lowest BCUT2D eigenvalue weighted by Gasteiger charge is -2.67. The Hall–Kier alpha value is -5.46. The summed E-state index contributed by atoms with van der Waals surface area (Å²) in [4.78, 5) is 84.5. The summed E-state index contributed by atoms with van der Waals surface area (Å²) in [6.07, 6.45) is -14.1. The van der Waals surface area contributed by atoms with Crippen molar-refractivity contribution in [1.29, 1.82) is 0 Å². The second kappa shape index (κ2) is 20.0. The fraction of sp³-hybridized carbons (Fsp3) is 0.560. The van der Waals surface area contributed by atoms with Gasteiger partial charge < -0.3 is 54.2 Å². The van der Waals surface area contributed by atoms with Crippen LogP contribution in [0.2, 0.25) is 0 Å². The maximum atomic E-state index is 15.2. The highest BCUT2D eigenvalue weighted by Gasteiger charge is 2.78. The molecule has 0 aromatic heterocycles. The molecule has 67 heavy (non-hydrogen) atoms. The second-order valence-corrected chi connectivity index (χ2v) is 18.8. The summed E-state index contributed by atoms with van der Waals surface area (Å²) >= 11 is 0. The van der Waals surface area contributed by atoms with Crippen LogP contribution in [0.3, 0.4) is 0 Å². The van der Waals surface area contributed by atoms with Crippen LogP contribution in [0.1, 0.15) is 114 Å². The van der Waals surface area contributed by atoms with E-state index in [0.717, 1.165) is 20.8 Å². The van der Waals surface area contributed by atoms with Gasteiger partial charge in [0.05, 0.1) is 35.7 Å². The maximum Gasteiger partial charge on any atom is 0.408 e. The number of Topliss-reactive ketones (excluding diaryl/α,β-unsaturated/α-hetero) is 1. The van der Waals surface area contributed by atoms with Gasteiger partial charge in [-0.2, -0.15) is 0 Å². The van der Waals surface area contributed by atoms with E-state index in [0.29, 0.717) is 0 Å². The number of hydrogen-bond acceptors (Lipinski definition) is 16. The molecule has 0 radical (unpaired) electrons. The van der Waals surface area contributed by atoms with Crippen LogP contribution in [0.4, 0.5) is 4.79 Å². The molecule has 12 atom stereocenters. The van der Waals surface area contributed by atoms with E-state index in [1.807, 2.05) is 0 Å². The molecule has 1 amide bonds. The van der Waals surface area contributed by atoms with Gasteiger partial charge in [0.15, 0.2) is 11.4 Å². The number of esters is 4. The first-order valence-corrected chi connectivity index (χ1v) is 22.1. The third kappa shape index (κ3) is 10.1. The van der Waals surface area contributed by atoms with Gasteiger partial charge in [0.25, 0.3) is 0 Å². The largest absolute Gasteiger partial charge is 0.455 e. The Bertz CT molecular complexity index is 2320. The molecule has 5 N–H and O–H groups in total. The predicted octanol–water partition coefficient (Wildman–Crippen LogP) is 4.77. The van der Waals surface area contributed by atoms with Gasteiger partial charge in [0, 0.05) is 35.7 Å². The van der Waals surface area contributed by atoms with E-state index in [1.54, 1.807) is 36.4 Å². The molecule has 366 valence electrons. The number of benzene rings is 2. The van der Waals surface area contributed by atoms with Gasteiger partial charge in [-0.15, -0.1) is 13.2 Å². The van der Waals surface area contributed by atoms with Crippen LogP contribution in [0.25, 0.3) is 0 Å². The number of aliphatic hydroxyl groups is 4. The van der Waals surface area contributed by atoms with Crippen molar-refractivity contribution < 1.29 is 81.7 Å². The molecule has 3 fully saturated rings. The number of alkyl carbamates (subject to hydrolysis) is 1. The van der Waals surface area contributed by atoms with Crippen molar-refractivity contribution in [1.82, 2.24) is 5.32 Å². The zero-order valence-corrected chi connectivity index (χ0v) is 39.1. The molecular formula is C50H65NO16. The maximum absolute atomic E-state index is 15.2. The standard InChI is InChI=1S/C48H61NO16.C2H4/c1-25(50)20-21-33(53)62-37(35(28-16-12-10-13-17-28)49-43(58)65-44(4,5)6)42(57)61-30-23-48(59)40(63-41(56)29-18-14-11-15-19-29)38-46(9,39(55)36(54)34(26(30)2)45(48,7)8)31(52)22-32-47(38,24-60-32)64-27(3)51;1-2/h10-19,25,30-32,35-38,40,50,52,54,59H,20-24H2,1-9H3,(H,49,58);1-2H2/t25?,30-,31-,32+,35-,36+,37+,38-,40-,46+,47-,48+;/m0./s1/i4D3;. The fourth-order valence-corrected chi connectivity index (χ4v) is 10.1. The smallest absolute Gasteiger partial charge is 0.408 e. The number of rotatable bonds is 12. The topological polar surface area (TPSA) is 251 Å². The minimum Gasteiger partial charge on any atom is -0.455 e. The Morgan fingerprint density at radius 1 is 1.00 bits per heavy atom. The van der Waals surface area contributed by atoms with E-state index in [9.17, 15) is 44.4 Å². The van der Waals surface area contributed by atoms with E-state index >= 15 is 4.79 Å². The molecular weight excluding hydrogens is 871 g/mol. The Morgan fingerprint density at radius 3 is 2.16 bits per heavy atom.